The largest absolute Gasteiger partial charge is 0.499 e. The van der Waals surface area contributed by atoms with Gasteiger partial charge < -0.3 is 4.74 Å². The van der Waals surface area contributed by atoms with Gasteiger partial charge in [-0.05, 0) is 0 Å². The molecule has 0 atom stereocenters. The molecule has 1 nitrogen and oxygen atoms in total. The standard InChI is InChI=1S/C4H7FO.CH3F.2CH4/c1-2-6-4-3-5;1-2;;/h2H,1,3-4H2;1H3;2*1H4. The summed E-state index contributed by atoms with van der Waals surface area (Å²) >= 11 is 0. The lowest BCUT2D eigenvalue weighted by molar-refractivity contribution is 0.219. The summed E-state index contributed by atoms with van der Waals surface area (Å²) in [7, 11) is 0.500. The van der Waals surface area contributed by atoms with Crippen molar-refractivity contribution in [2.24, 2.45) is 0 Å². The highest BCUT2D eigenvalue weighted by Crippen LogP contribution is 1.71. The summed E-state index contributed by atoms with van der Waals surface area (Å²) in [5.74, 6) is 0. The van der Waals surface area contributed by atoms with Gasteiger partial charge >= 0.3 is 0 Å². The molecule has 0 rings (SSSR count). The maximum atomic E-state index is 11.0. The van der Waals surface area contributed by atoms with E-state index in [9.17, 15) is 8.78 Å². The van der Waals surface area contributed by atoms with Crippen molar-refractivity contribution >= 4 is 0 Å². The van der Waals surface area contributed by atoms with E-state index in [-0.39, 0.29) is 21.5 Å². The van der Waals surface area contributed by atoms with Crippen LogP contribution in [0.25, 0.3) is 0 Å². The molecule has 0 aromatic heterocycles. The Labute approximate surface area is 62.7 Å². The van der Waals surface area contributed by atoms with Crippen LogP contribution in [0.15, 0.2) is 12.8 Å². The lowest BCUT2D eigenvalue weighted by atomic mass is 10.8. The highest BCUT2D eigenvalue weighted by molar-refractivity contribution is 4.46. The van der Waals surface area contributed by atoms with E-state index in [0.29, 0.717) is 7.18 Å². The Kier molecular flexibility index (Phi) is 90.5. The predicted octanol–water partition coefficient (Wildman–Crippen LogP) is 2.97. The zero-order valence-corrected chi connectivity index (χ0v) is 4.86. The van der Waals surface area contributed by atoms with Crippen molar-refractivity contribution in [1.82, 2.24) is 0 Å². The molecular formula is C7H18F2O. The van der Waals surface area contributed by atoms with Gasteiger partial charge in [0.15, 0.2) is 0 Å². The van der Waals surface area contributed by atoms with Crippen LogP contribution >= 0.6 is 0 Å². The van der Waals surface area contributed by atoms with Gasteiger partial charge in [0.25, 0.3) is 0 Å². The quantitative estimate of drug-likeness (QED) is 0.451. The first kappa shape index (κ1) is 22.7. The molecule has 10 heavy (non-hydrogen) atoms. The van der Waals surface area contributed by atoms with Gasteiger partial charge in [0, 0.05) is 0 Å². The van der Waals surface area contributed by atoms with Crippen molar-refractivity contribution in [1.29, 1.82) is 0 Å². The summed E-state index contributed by atoms with van der Waals surface area (Å²) in [6, 6.07) is 0. The van der Waals surface area contributed by atoms with Crippen LogP contribution in [0.1, 0.15) is 14.9 Å². The lowest BCUT2D eigenvalue weighted by Gasteiger charge is -1.88. The molecule has 0 aromatic rings. The molecule has 0 amide bonds. The first-order valence-electron chi connectivity index (χ1n) is 2.08. The van der Waals surface area contributed by atoms with Gasteiger partial charge in [0.1, 0.15) is 13.3 Å². The number of hydrogen-bond acceptors (Lipinski definition) is 1. The van der Waals surface area contributed by atoms with Gasteiger partial charge in [-0.1, -0.05) is 21.4 Å². The molecule has 3 heteroatoms. The number of ether oxygens (including phenoxy) is 1. The third kappa shape index (κ3) is 52.6. The molecule has 0 heterocycles. The van der Waals surface area contributed by atoms with Crippen molar-refractivity contribution in [3.05, 3.63) is 12.8 Å². The third-order valence-electron chi connectivity index (χ3n) is 0.313. The summed E-state index contributed by atoms with van der Waals surface area (Å²) in [5.41, 5.74) is 0. The molecule has 0 aliphatic carbocycles. The fourth-order valence-corrected chi connectivity index (χ4v) is 0.128. The molecule has 0 N–H and O–H groups in total. The number of hydrogen-bond donors (Lipinski definition) is 0. The van der Waals surface area contributed by atoms with E-state index in [1.54, 1.807) is 0 Å². The van der Waals surface area contributed by atoms with Crippen molar-refractivity contribution in [2.45, 2.75) is 14.9 Å². The summed E-state index contributed by atoms with van der Waals surface area (Å²) in [4.78, 5) is 0. The van der Waals surface area contributed by atoms with E-state index in [1.807, 2.05) is 0 Å². The lowest BCUT2D eigenvalue weighted by Crippen LogP contribution is -1.85. The summed E-state index contributed by atoms with van der Waals surface area (Å²) in [5, 5.41) is 0. The van der Waals surface area contributed by atoms with Crippen LogP contribution in [0.4, 0.5) is 8.78 Å². The van der Waals surface area contributed by atoms with Crippen molar-refractivity contribution in [3.8, 4) is 0 Å². The first-order valence-corrected chi connectivity index (χ1v) is 2.08. The van der Waals surface area contributed by atoms with E-state index in [2.05, 4.69) is 11.3 Å². The maximum absolute atomic E-state index is 11.0. The Morgan fingerprint density at radius 3 is 1.90 bits per heavy atom. The number of rotatable bonds is 3. The van der Waals surface area contributed by atoms with Crippen LogP contribution in [-0.4, -0.2) is 20.5 Å². The Hall–Kier alpha value is -0.600. The fourth-order valence-electron chi connectivity index (χ4n) is 0.128. The number of halogens is 2. The SMILES string of the molecule is C.C.C=COCCF.CF. The molecule has 0 aromatic carbocycles. The minimum absolute atomic E-state index is 0. The van der Waals surface area contributed by atoms with Crippen LogP contribution in [-0.2, 0) is 4.74 Å². The normalized spacial score (nSPS) is 5.10. The second-order valence-corrected chi connectivity index (χ2v) is 0.726. The topological polar surface area (TPSA) is 9.23 Å². The Bertz CT molecular complexity index is 40.6. The van der Waals surface area contributed by atoms with Crippen molar-refractivity contribution in [3.63, 3.8) is 0 Å². The minimum atomic E-state index is -0.438. The average Bonchev–Trinajstić information content (AvgIpc) is 1.88. The van der Waals surface area contributed by atoms with Gasteiger partial charge in [-0.25, -0.2) is 4.39 Å². The maximum Gasteiger partial charge on any atom is 0.123 e. The molecule has 0 fully saturated rings. The molecule has 0 unspecified atom stereocenters. The molecule has 0 saturated heterocycles. The zero-order chi connectivity index (χ0) is 6.83. The molecule has 0 aliphatic heterocycles. The zero-order valence-electron chi connectivity index (χ0n) is 4.86. The second kappa shape index (κ2) is 39.8. The van der Waals surface area contributed by atoms with Crippen LogP contribution < -0.4 is 0 Å². The molecule has 66 valence electrons. The molecule has 0 saturated carbocycles. The second-order valence-electron chi connectivity index (χ2n) is 0.726. The van der Waals surface area contributed by atoms with Crippen LogP contribution in [0.3, 0.4) is 0 Å². The van der Waals surface area contributed by atoms with Gasteiger partial charge in [-0.3, -0.25) is 4.39 Å². The van der Waals surface area contributed by atoms with E-state index in [1.165, 1.54) is 6.26 Å². The Morgan fingerprint density at radius 1 is 1.40 bits per heavy atom. The summed E-state index contributed by atoms with van der Waals surface area (Å²) in [6.45, 7) is 2.90. The molecular weight excluding hydrogens is 138 g/mol. The van der Waals surface area contributed by atoms with Crippen LogP contribution in [0, 0.1) is 0 Å². The van der Waals surface area contributed by atoms with E-state index >= 15 is 0 Å². The van der Waals surface area contributed by atoms with Gasteiger partial charge in [0.2, 0.25) is 0 Å². The van der Waals surface area contributed by atoms with E-state index in [0.717, 1.165) is 0 Å². The number of alkyl halides is 2. The molecule has 0 radical (unpaired) electrons. The van der Waals surface area contributed by atoms with Crippen LogP contribution in [0.2, 0.25) is 0 Å². The van der Waals surface area contributed by atoms with Crippen LogP contribution in [0.5, 0.6) is 0 Å². The monoisotopic (exact) mass is 156 g/mol. The highest BCUT2D eigenvalue weighted by atomic mass is 19.1. The van der Waals surface area contributed by atoms with E-state index < -0.39 is 6.67 Å². The van der Waals surface area contributed by atoms with Crippen molar-refractivity contribution in [2.75, 3.05) is 20.5 Å². The first-order chi connectivity index (χ1) is 3.91. The van der Waals surface area contributed by atoms with E-state index in [4.69, 9.17) is 0 Å². The smallest absolute Gasteiger partial charge is 0.123 e. The van der Waals surface area contributed by atoms with Gasteiger partial charge in [-0.15, -0.1) is 0 Å². The highest BCUT2D eigenvalue weighted by Gasteiger charge is 1.72. The Balaban J connectivity index is -0.0000000412. The minimum Gasteiger partial charge on any atom is -0.499 e. The molecule has 0 aliphatic rings. The van der Waals surface area contributed by atoms with Gasteiger partial charge in [0.05, 0.1) is 13.4 Å². The fraction of sp³-hybridized carbons (Fsp3) is 0.714. The van der Waals surface area contributed by atoms with Crippen molar-refractivity contribution < 1.29 is 13.5 Å². The average molecular weight is 156 g/mol. The summed E-state index contributed by atoms with van der Waals surface area (Å²) in [6.07, 6.45) is 1.22. The predicted molar refractivity (Wildman–Crippen MR) is 42.6 cm³/mol. The molecule has 0 spiro atoms. The molecule has 0 bridgehead atoms. The Morgan fingerprint density at radius 2 is 1.80 bits per heavy atom. The van der Waals surface area contributed by atoms with Gasteiger partial charge in [-0.2, -0.15) is 0 Å². The third-order valence-corrected chi connectivity index (χ3v) is 0.313. The summed E-state index contributed by atoms with van der Waals surface area (Å²) < 4.78 is 24.9.